The molecule has 1 heterocycles. The first-order valence-electron chi connectivity index (χ1n) is 6.15. The van der Waals surface area contributed by atoms with E-state index in [0.29, 0.717) is 0 Å². The van der Waals surface area contributed by atoms with Gasteiger partial charge in [0, 0.05) is 19.2 Å². The van der Waals surface area contributed by atoms with Crippen LogP contribution in [0.25, 0.3) is 0 Å². The maximum atomic E-state index is 12.3. The van der Waals surface area contributed by atoms with Crippen LogP contribution in [0.15, 0.2) is 18.2 Å². The Kier molecular flexibility index (Phi) is 4.27. The number of rotatable bonds is 4. The Morgan fingerprint density at radius 2 is 1.96 bits per heavy atom. The van der Waals surface area contributed by atoms with Gasteiger partial charge >= 0.3 is 5.69 Å². The highest BCUT2D eigenvalue weighted by atomic mass is 35.5. The molecule has 2 rings (SSSR count). The van der Waals surface area contributed by atoms with Crippen LogP contribution in [0.5, 0.6) is 0 Å². The van der Waals surface area contributed by atoms with Gasteiger partial charge in [-0.3, -0.25) is 29.7 Å². The van der Waals surface area contributed by atoms with Gasteiger partial charge in [-0.1, -0.05) is 11.6 Å². The van der Waals surface area contributed by atoms with E-state index in [-0.39, 0.29) is 27.8 Å². The summed E-state index contributed by atoms with van der Waals surface area (Å²) in [5.41, 5.74) is -0.950. The van der Waals surface area contributed by atoms with Crippen molar-refractivity contribution >= 4 is 34.6 Å². The van der Waals surface area contributed by atoms with Gasteiger partial charge in [0.25, 0.3) is 11.6 Å². The molecule has 0 fully saturated rings. The lowest BCUT2D eigenvalue weighted by Gasteiger charge is -2.07. The highest BCUT2D eigenvalue weighted by Crippen LogP contribution is 2.29. The van der Waals surface area contributed by atoms with Crippen molar-refractivity contribution in [2.45, 2.75) is 6.92 Å². The fourth-order valence-electron chi connectivity index (χ4n) is 2.02. The van der Waals surface area contributed by atoms with Crippen molar-refractivity contribution in [3.8, 4) is 0 Å². The summed E-state index contributed by atoms with van der Waals surface area (Å²) in [6, 6.07) is 3.49. The van der Waals surface area contributed by atoms with Crippen LogP contribution in [0.4, 0.5) is 17.1 Å². The molecule has 10 nitrogen and oxygen atoms in total. The van der Waals surface area contributed by atoms with Crippen molar-refractivity contribution in [3.63, 3.8) is 0 Å². The number of benzene rings is 1. The average molecular weight is 340 g/mol. The van der Waals surface area contributed by atoms with Gasteiger partial charge in [0.2, 0.25) is 5.69 Å². The van der Waals surface area contributed by atoms with E-state index in [4.69, 9.17) is 11.6 Å². The van der Waals surface area contributed by atoms with E-state index >= 15 is 0 Å². The lowest BCUT2D eigenvalue weighted by atomic mass is 10.2. The van der Waals surface area contributed by atoms with Crippen molar-refractivity contribution in [1.82, 2.24) is 9.78 Å². The molecule has 0 bridgehead atoms. The molecule has 1 amide bonds. The predicted molar refractivity (Wildman–Crippen MR) is 80.7 cm³/mol. The number of non-ortho nitro benzene ring substituents is 1. The van der Waals surface area contributed by atoms with Gasteiger partial charge in [0.05, 0.1) is 20.6 Å². The van der Waals surface area contributed by atoms with E-state index in [1.807, 2.05) is 0 Å². The van der Waals surface area contributed by atoms with Crippen LogP contribution in [0, 0.1) is 27.2 Å². The lowest BCUT2D eigenvalue weighted by Crippen LogP contribution is -2.18. The predicted octanol–water partition coefficient (Wildman–Crippen LogP) is 2.45. The minimum Gasteiger partial charge on any atom is -0.319 e. The molecule has 0 saturated carbocycles. The second-order valence-corrected chi connectivity index (χ2v) is 4.95. The van der Waals surface area contributed by atoms with Gasteiger partial charge in [-0.15, -0.1) is 0 Å². The minimum atomic E-state index is -0.845. The van der Waals surface area contributed by atoms with E-state index in [2.05, 4.69) is 10.4 Å². The molecule has 0 aliphatic rings. The number of nitro benzene ring substituents is 1. The molecule has 0 spiro atoms. The molecule has 11 heteroatoms. The number of amides is 1. The Hall–Kier alpha value is -3.01. The molecule has 0 aliphatic carbocycles. The first kappa shape index (κ1) is 16.4. The summed E-state index contributed by atoms with van der Waals surface area (Å²) in [6.07, 6.45) is 0. The standard InChI is InChI=1S/C12H10ClN5O5/c1-6-10(18(22)23)11(16(2)15-6)12(19)14-9-5-7(17(20)21)3-4-8(9)13/h3-5H,1-2H3,(H,14,19). The summed E-state index contributed by atoms with van der Waals surface area (Å²) in [7, 11) is 1.38. The average Bonchev–Trinajstić information content (AvgIpc) is 2.75. The second kappa shape index (κ2) is 6.01. The summed E-state index contributed by atoms with van der Waals surface area (Å²) < 4.78 is 1.06. The summed E-state index contributed by atoms with van der Waals surface area (Å²) in [5.74, 6) is -0.845. The Balaban J connectivity index is 2.43. The van der Waals surface area contributed by atoms with Gasteiger partial charge < -0.3 is 5.32 Å². The number of anilines is 1. The highest BCUT2D eigenvalue weighted by molar-refractivity contribution is 6.34. The van der Waals surface area contributed by atoms with Crippen LogP contribution in [0.3, 0.4) is 0 Å². The summed E-state index contributed by atoms with van der Waals surface area (Å²) in [6.45, 7) is 1.40. The Bertz CT molecular complexity index is 831. The molecule has 1 aromatic carbocycles. The molecular weight excluding hydrogens is 330 g/mol. The Morgan fingerprint density at radius 1 is 1.30 bits per heavy atom. The van der Waals surface area contributed by atoms with Gasteiger partial charge in [0.1, 0.15) is 5.69 Å². The molecule has 1 aromatic heterocycles. The number of carbonyl (C=O) groups is 1. The molecule has 23 heavy (non-hydrogen) atoms. The molecule has 0 atom stereocenters. The van der Waals surface area contributed by atoms with Crippen molar-refractivity contribution < 1.29 is 14.6 Å². The van der Waals surface area contributed by atoms with Crippen molar-refractivity contribution in [2.24, 2.45) is 7.05 Å². The molecule has 120 valence electrons. The molecular formula is C12H10ClN5O5. The largest absolute Gasteiger partial charge is 0.322 e. The fourth-order valence-corrected chi connectivity index (χ4v) is 2.19. The molecule has 0 unspecified atom stereocenters. The van der Waals surface area contributed by atoms with Crippen LogP contribution in [-0.4, -0.2) is 25.5 Å². The molecule has 0 radical (unpaired) electrons. The third kappa shape index (κ3) is 3.11. The number of nitrogens with one attached hydrogen (secondary N) is 1. The lowest BCUT2D eigenvalue weighted by molar-refractivity contribution is -0.385. The highest BCUT2D eigenvalue weighted by Gasteiger charge is 2.29. The number of hydrogen-bond donors (Lipinski definition) is 1. The van der Waals surface area contributed by atoms with Crippen LogP contribution in [-0.2, 0) is 7.05 Å². The minimum absolute atomic E-state index is 0.0287. The first-order chi connectivity index (χ1) is 10.7. The smallest absolute Gasteiger partial charge is 0.319 e. The number of hydrogen-bond acceptors (Lipinski definition) is 6. The summed E-state index contributed by atoms with van der Waals surface area (Å²) in [4.78, 5) is 32.8. The topological polar surface area (TPSA) is 133 Å². The van der Waals surface area contributed by atoms with Crippen LogP contribution >= 0.6 is 11.6 Å². The van der Waals surface area contributed by atoms with Crippen molar-refractivity contribution in [1.29, 1.82) is 0 Å². The molecule has 0 saturated heterocycles. The third-order valence-electron chi connectivity index (χ3n) is 3.00. The van der Waals surface area contributed by atoms with Crippen LogP contribution in [0.1, 0.15) is 16.2 Å². The van der Waals surface area contributed by atoms with Crippen molar-refractivity contribution in [3.05, 3.63) is 54.8 Å². The van der Waals surface area contributed by atoms with Crippen LogP contribution < -0.4 is 5.32 Å². The summed E-state index contributed by atoms with van der Waals surface area (Å²) >= 11 is 5.89. The monoisotopic (exact) mass is 339 g/mol. The fraction of sp³-hybridized carbons (Fsp3) is 0.167. The first-order valence-corrected chi connectivity index (χ1v) is 6.53. The van der Waals surface area contributed by atoms with Gasteiger partial charge in [0.15, 0.2) is 0 Å². The number of aryl methyl sites for hydroxylation is 2. The SMILES string of the molecule is Cc1nn(C)c(C(=O)Nc2cc([N+](=O)[O-])ccc2Cl)c1[N+](=O)[O-]. The van der Waals surface area contributed by atoms with E-state index in [9.17, 15) is 25.0 Å². The summed E-state index contributed by atoms with van der Waals surface area (Å²) in [5, 5.41) is 28.1. The van der Waals surface area contributed by atoms with E-state index in [1.54, 1.807) is 0 Å². The number of halogens is 1. The molecule has 0 aliphatic heterocycles. The van der Waals surface area contributed by atoms with Gasteiger partial charge in [-0.2, -0.15) is 5.10 Å². The van der Waals surface area contributed by atoms with Gasteiger partial charge in [-0.25, -0.2) is 0 Å². The van der Waals surface area contributed by atoms with Crippen molar-refractivity contribution in [2.75, 3.05) is 5.32 Å². The van der Waals surface area contributed by atoms with E-state index in [0.717, 1.165) is 10.7 Å². The molecule has 2 aromatic rings. The normalized spacial score (nSPS) is 10.4. The zero-order chi connectivity index (χ0) is 17.3. The third-order valence-corrected chi connectivity index (χ3v) is 3.33. The number of nitro groups is 2. The second-order valence-electron chi connectivity index (χ2n) is 4.54. The van der Waals surface area contributed by atoms with Crippen LogP contribution in [0.2, 0.25) is 5.02 Å². The van der Waals surface area contributed by atoms with E-state index in [1.165, 1.54) is 26.1 Å². The zero-order valence-electron chi connectivity index (χ0n) is 11.9. The van der Waals surface area contributed by atoms with Gasteiger partial charge in [-0.05, 0) is 13.0 Å². The number of carbonyl (C=O) groups excluding carboxylic acids is 1. The Labute approximate surface area is 134 Å². The number of aromatic nitrogens is 2. The quantitative estimate of drug-likeness (QED) is 0.671. The maximum Gasteiger partial charge on any atom is 0.322 e. The number of nitrogens with zero attached hydrogens (tertiary/aromatic N) is 4. The van der Waals surface area contributed by atoms with E-state index < -0.39 is 21.4 Å². The zero-order valence-corrected chi connectivity index (χ0v) is 12.7. The maximum absolute atomic E-state index is 12.3. The molecule has 1 N–H and O–H groups in total. The Morgan fingerprint density at radius 3 is 2.52 bits per heavy atom.